The second-order valence-corrected chi connectivity index (χ2v) is 6.04. The number of carbonyl (C=O) groups excluding carboxylic acids is 1. The minimum absolute atomic E-state index is 0.0221. The lowest BCUT2D eigenvalue weighted by molar-refractivity contribution is -0.135. The molecular formula is C19H20N2O5. The molecule has 0 fully saturated rings. The van der Waals surface area contributed by atoms with Gasteiger partial charge in [0.15, 0.2) is 0 Å². The highest BCUT2D eigenvalue weighted by Crippen LogP contribution is 2.21. The number of hydrogen-bond donors (Lipinski definition) is 3. The Labute approximate surface area is 150 Å². The number of carboxylic acids is 2. The zero-order chi connectivity index (χ0) is 19.3. The summed E-state index contributed by atoms with van der Waals surface area (Å²) >= 11 is 0. The molecule has 136 valence electrons. The zero-order valence-corrected chi connectivity index (χ0v) is 14.5. The van der Waals surface area contributed by atoms with Crippen LogP contribution in [0.1, 0.15) is 35.7 Å². The minimum atomic E-state index is -1.16. The SMILES string of the molecule is CC(C)c1ccc(N(CC(=O)O)C(=O)Nc2cccc(C(=O)O)c2)cc1. The van der Waals surface area contributed by atoms with Crippen molar-refractivity contribution in [2.24, 2.45) is 0 Å². The fraction of sp³-hybridized carbons (Fsp3) is 0.211. The van der Waals surface area contributed by atoms with Crippen LogP contribution in [0.2, 0.25) is 0 Å². The zero-order valence-electron chi connectivity index (χ0n) is 14.5. The quantitative estimate of drug-likeness (QED) is 0.733. The van der Waals surface area contributed by atoms with Gasteiger partial charge >= 0.3 is 18.0 Å². The number of urea groups is 1. The summed E-state index contributed by atoms with van der Waals surface area (Å²) in [6.07, 6.45) is 0. The topological polar surface area (TPSA) is 107 Å². The molecule has 2 aromatic rings. The fourth-order valence-corrected chi connectivity index (χ4v) is 2.38. The summed E-state index contributed by atoms with van der Waals surface area (Å²) in [6, 6.07) is 12.1. The van der Waals surface area contributed by atoms with Crippen molar-refractivity contribution < 1.29 is 24.6 Å². The number of anilines is 2. The molecule has 7 heteroatoms. The number of nitrogens with zero attached hydrogens (tertiary/aromatic N) is 1. The van der Waals surface area contributed by atoms with Crippen LogP contribution in [0.25, 0.3) is 0 Å². The van der Waals surface area contributed by atoms with Crippen molar-refractivity contribution in [3.05, 3.63) is 59.7 Å². The van der Waals surface area contributed by atoms with Gasteiger partial charge in [-0.05, 0) is 41.8 Å². The molecular weight excluding hydrogens is 336 g/mol. The summed E-state index contributed by atoms with van der Waals surface area (Å²) < 4.78 is 0. The molecule has 0 heterocycles. The van der Waals surface area contributed by atoms with E-state index in [0.29, 0.717) is 11.6 Å². The summed E-state index contributed by atoms with van der Waals surface area (Å²) in [7, 11) is 0. The Morgan fingerprint density at radius 2 is 1.69 bits per heavy atom. The Morgan fingerprint density at radius 1 is 1.04 bits per heavy atom. The number of nitrogens with one attached hydrogen (secondary N) is 1. The molecule has 0 radical (unpaired) electrons. The standard InChI is InChI=1S/C19H20N2O5/c1-12(2)13-6-8-16(9-7-13)21(11-17(22)23)19(26)20-15-5-3-4-14(10-15)18(24)25/h3-10,12H,11H2,1-2H3,(H,20,26)(H,22,23)(H,24,25). The monoisotopic (exact) mass is 356 g/mol. The minimum Gasteiger partial charge on any atom is -0.480 e. The van der Waals surface area contributed by atoms with Crippen LogP contribution < -0.4 is 10.2 Å². The van der Waals surface area contributed by atoms with Crippen LogP contribution in [-0.2, 0) is 4.79 Å². The van der Waals surface area contributed by atoms with Crippen LogP contribution in [0.4, 0.5) is 16.2 Å². The smallest absolute Gasteiger partial charge is 0.335 e. The fourth-order valence-electron chi connectivity index (χ4n) is 2.38. The van der Waals surface area contributed by atoms with E-state index < -0.39 is 24.5 Å². The van der Waals surface area contributed by atoms with E-state index in [1.165, 1.54) is 24.3 Å². The van der Waals surface area contributed by atoms with Crippen molar-refractivity contribution in [2.45, 2.75) is 19.8 Å². The number of amides is 2. The molecule has 0 saturated carbocycles. The van der Waals surface area contributed by atoms with Crippen LogP contribution in [0.15, 0.2) is 48.5 Å². The lowest BCUT2D eigenvalue weighted by atomic mass is 10.0. The van der Waals surface area contributed by atoms with E-state index in [9.17, 15) is 14.4 Å². The Morgan fingerprint density at radius 3 is 2.23 bits per heavy atom. The highest BCUT2D eigenvalue weighted by molar-refractivity contribution is 6.04. The molecule has 0 saturated heterocycles. The third kappa shape index (κ3) is 4.83. The molecule has 0 aromatic heterocycles. The number of benzene rings is 2. The summed E-state index contributed by atoms with van der Waals surface area (Å²) in [6.45, 7) is 3.55. The molecule has 0 aliphatic rings. The van der Waals surface area contributed by atoms with Gasteiger partial charge < -0.3 is 15.5 Å². The first kappa shape index (κ1) is 19.0. The van der Waals surface area contributed by atoms with E-state index >= 15 is 0 Å². The van der Waals surface area contributed by atoms with Gasteiger partial charge in [-0.25, -0.2) is 9.59 Å². The molecule has 2 amide bonds. The Hall–Kier alpha value is -3.35. The van der Waals surface area contributed by atoms with Crippen LogP contribution >= 0.6 is 0 Å². The van der Waals surface area contributed by atoms with Gasteiger partial charge in [0.05, 0.1) is 5.56 Å². The average molecular weight is 356 g/mol. The lowest BCUT2D eigenvalue weighted by Crippen LogP contribution is -2.39. The predicted octanol–water partition coefficient (Wildman–Crippen LogP) is 3.63. The number of hydrogen-bond acceptors (Lipinski definition) is 3. The van der Waals surface area contributed by atoms with Crippen molar-refractivity contribution in [1.82, 2.24) is 0 Å². The lowest BCUT2D eigenvalue weighted by Gasteiger charge is -2.22. The van der Waals surface area contributed by atoms with Crippen LogP contribution in [-0.4, -0.2) is 34.7 Å². The van der Waals surface area contributed by atoms with E-state index in [-0.39, 0.29) is 11.3 Å². The second kappa shape index (κ2) is 8.15. The van der Waals surface area contributed by atoms with Crippen molar-refractivity contribution >= 4 is 29.3 Å². The molecule has 7 nitrogen and oxygen atoms in total. The number of rotatable bonds is 6. The van der Waals surface area contributed by atoms with Gasteiger partial charge in [0.2, 0.25) is 0 Å². The van der Waals surface area contributed by atoms with Gasteiger partial charge in [-0.2, -0.15) is 0 Å². The normalized spacial score (nSPS) is 10.4. The van der Waals surface area contributed by atoms with Gasteiger partial charge in [-0.1, -0.05) is 32.0 Å². The maximum absolute atomic E-state index is 12.6. The van der Waals surface area contributed by atoms with Gasteiger partial charge in [-0.3, -0.25) is 9.69 Å². The van der Waals surface area contributed by atoms with Crippen molar-refractivity contribution in [3.63, 3.8) is 0 Å². The van der Waals surface area contributed by atoms with Crippen molar-refractivity contribution in [1.29, 1.82) is 0 Å². The van der Waals surface area contributed by atoms with Gasteiger partial charge in [0.25, 0.3) is 0 Å². The number of aliphatic carboxylic acids is 1. The molecule has 0 atom stereocenters. The summed E-state index contributed by atoms with van der Waals surface area (Å²) in [5.41, 5.74) is 1.79. The number of carbonyl (C=O) groups is 3. The molecule has 0 spiro atoms. The second-order valence-electron chi connectivity index (χ2n) is 6.04. The number of carboxylic acid groups (broad SMARTS) is 2. The first-order valence-corrected chi connectivity index (χ1v) is 8.01. The van der Waals surface area contributed by atoms with Crippen LogP contribution in [0, 0.1) is 0 Å². The third-order valence-electron chi connectivity index (χ3n) is 3.77. The van der Waals surface area contributed by atoms with Crippen molar-refractivity contribution in [2.75, 3.05) is 16.8 Å². The summed E-state index contributed by atoms with van der Waals surface area (Å²) in [5, 5.41) is 20.7. The van der Waals surface area contributed by atoms with E-state index in [1.807, 2.05) is 26.0 Å². The van der Waals surface area contributed by atoms with Gasteiger partial charge in [-0.15, -0.1) is 0 Å². The first-order valence-electron chi connectivity index (χ1n) is 8.01. The molecule has 0 aliphatic heterocycles. The molecule has 0 unspecified atom stereocenters. The maximum Gasteiger partial charge on any atom is 0.335 e. The van der Waals surface area contributed by atoms with E-state index in [0.717, 1.165) is 10.5 Å². The molecule has 26 heavy (non-hydrogen) atoms. The number of aromatic carboxylic acids is 1. The van der Waals surface area contributed by atoms with Crippen molar-refractivity contribution in [3.8, 4) is 0 Å². The highest BCUT2D eigenvalue weighted by Gasteiger charge is 2.19. The van der Waals surface area contributed by atoms with Gasteiger partial charge in [0.1, 0.15) is 6.54 Å². The average Bonchev–Trinajstić information content (AvgIpc) is 2.59. The van der Waals surface area contributed by atoms with E-state index in [1.54, 1.807) is 12.1 Å². The van der Waals surface area contributed by atoms with E-state index in [2.05, 4.69) is 5.32 Å². The molecule has 0 bridgehead atoms. The first-order chi connectivity index (χ1) is 12.3. The van der Waals surface area contributed by atoms with Crippen LogP contribution in [0.5, 0.6) is 0 Å². The molecule has 2 aromatic carbocycles. The third-order valence-corrected chi connectivity index (χ3v) is 3.77. The van der Waals surface area contributed by atoms with Crippen LogP contribution in [0.3, 0.4) is 0 Å². The Kier molecular flexibility index (Phi) is 5.95. The largest absolute Gasteiger partial charge is 0.480 e. The van der Waals surface area contributed by atoms with Gasteiger partial charge in [0, 0.05) is 11.4 Å². The molecule has 3 N–H and O–H groups in total. The Balaban J connectivity index is 2.25. The van der Waals surface area contributed by atoms with E-state index in [4.69, 9.17) is 10.2 Å². The summed E-state index contributed by atoms with van der Waals surface area (Å²) in [5.74, 6) is -1.97. The highest BCUT2D eigenvalue weighted by atomic mass is 16.4. The predicted molar refractivity (Wildman–Crippen MR) is 97.9 cm³/mol. The maximum atomic E-state index is 12.6. The molecule has 0 aliphatic carbocycles. The summed E-state index contributed by atoms with van der Waals surface area (Å²) in [4.78, 5) is 35.8. The Bertz CT molecular complexity index is 815. The molecule has 2 rings (SSSR count).